The number of nitrogens with zero attached hydrogens (tertiary/aromatic N) is 3. The van der Waals surface area contributed by atoms with Gasteiger partial charge in [0, 0.05) is 13.6 Å². The number of nitrogens with two attached hydrogens (primary N) is 1. The van der Waals surface area contributed by atoms with Crippen molar-refractivity contribution in [3.05, 3.63) is 5.89 Å². The molecule has 5 nitrogen and oxygen atoms in total. The summed E-state index contributed by atoms with van der Waals surface area (Å²) in [5, 5.41) is 7.70. The molecule has 1 saturated carbocycles. The zero-order valence-electron chi connectivity index (χ0n) is 7.73. The molecule has 1 fully saturated rings. The first-order valence-electron chi connectivity index (χ1n) is 4.53. The third-order valence-corrected chi connectivity index (χ3v) is 2.19. The number of aromatic nitrogens is 2. The van der Waals surface area contributed by atoms with Crippen LogP contribution in [0.3, 0.4) is 0 Å². The molecule has 2 N–H and O–H groups in total. The van der Waals surface area contributed by atoms with Gasteiger partial charge in [0.2, 0.25) is 5.89 Å². The Labute approximate surface area is 76.9 Å². The van der Waals surface area contributed by atoms with Crippen LogP contribution in [0, 0.1) is 5.92 Å². The predicted octanol–water partition coefficient (Wildman–Crippen LogP) is 0.375. The minimum Gasteiger partial charge on any atom is -0.407 e. The Morgan fingerprint density at radius 2 is 2.31 bits per heavy atom. The van der Waals surface area contributed by atoms with Gasteiger partial charge in [0.25, 0.3) is 0 Å². The van der Waals surface area contributed by atoms with Crippen LogP contribution in [0.25, 0.3) is 0 Å². The first-order valence-corrected chi connectivity index (χ1v) is 4.53. The summed E-state index contributed by atoms with van der Waals surface area (Å²) in [7, 11) is 1.96. The maximum absolute atomic E-state index is 5.36. The molecule has 0 spiro atoms. The molecule has 1 aromatic heterocycles. The summed E-state index contributed by atoms with van der Waals surface area (Å²) in [4.78, 5) is 1.99. The van der Waals surface area contributed by atoms with Crippen LogP contribution in [0.2, 0.25) is 0 Å². The van der Waals surface area contributed by atoms with E-state index >= 15 is 0 Å². The molecule has 1 aliphatic carbocycles. The molecule has 0 radical (unpaired) electrons. The zero-order valence-corrected chi connectivity index (χ0v) is 7.73. The molecular formula is C8H14N4O. The molecule has 0 aliphatic heterocycles. The van der Waals surface area contributed by atoms with Gasteiger partial charge in [-0.2, -0.15) is 0 Å². The molecule has 0 saturated heterocycles. The van der Waals surface area contributed by atoms with Gasteiger partial charge in [0.05, 0.1) is 6.54 Å². The fraction of sp³-hybridized carbons (Fsp3) is 0.750. The topological polar surface area (TPSA) is 68.2 Å². The van der Waals surface area contributed by atoms with Gasteiger partial charge in [-0.1, -0.05) is 5.10 Å². The van der Waals surface area contributed by atoms with Crippen LogP contribution >= 0.6 is 0 Å². The van der Waals surface area contributed by atoms with Gasteiger partial charge in [-0.25, -0.2) is 0 Å². The van der Waals surface area contributed by atoms with Crippen molar-refractivity contribution < 1.29 is 4.42 Å². The monoisotopic (exact) mass is 182 g/mol. The van der Waals surface area contributed by atoms with Crippen molar-refractivity contribution in [3.8, 4) is 0 Å². The molecule has 1 aromatic rings. The summed E-state index contributed by atoms with van der Waals surface area (Å²) in [6.07, 6.45) is 2.64. The highest BCUT2D eigenvalue weighted by Crippen LogP contribution is 2.30. The van der Waals surface area contributed by atoms with Gasteiger partial charge in [0.1, 0.15) is 0 Å². The van der Waals surface area contributed by atoms with Crippen molar-refractivity contribution in [3.63, 3.8) is 0 Å². The van der Waals surface area contributed by atoms with E-state index in [1.54, 1.807) is 0 Å². The van der Waals surface area contributed by atoms with Crippen molar-refractivity contribution in [1.29, 1.82) is 0 Å². The third-order valence-electron chi connectivity index (χ3n) is 2.19. The molecule has 13 heavy (non-hydrogen) atoms. The largest absolute Gasteiger partial charge is 0.407 e. The Hall–Kier alpha value is -1.10. The SMILES string of the molecule is CN(CC1CC1)c1nnc(CN)o1. The average molecular weight is 182 g/mol. The Bertz CT molecular complexity index is 281. The highest BCUT2D eigenvalue weighted by molar-refractivity contribution is 5.22. The fourth-order valence-electron chi connectivity index (χ4n) is 1.25. The van der Waals surface area contributed by atoms with Crippen LogP contribution in [0.4, 0.5) is 6.01 Å². The molecule has 0 unspecified atom stereocenters. The van der Waals surface area contributed by atoms with E-state index in [0.717, 1.165) is 12.5 Å². The van der Waals surface area contributed by atoms with Crippen LogP contribution in [0.5, 0.6) is 0 Å². The van der Waals surface area contributed by atoms with Crippen LogP contribution in [0.15, 0.2) is 4.42 Å². The first kappa shape index (κ1) is 8.50. The smallest absolute Gasteiger partial charge is 0.317 e. The highest BCUT2D eigenvalue weighted by atomic mass is 16.4. The number of anilines is 1. The summed E-state index contributed by atoms with van der Waals surface area (Å²) in [5.74, 6) is 1.32. The molecule has 0 bridgehead atoms. The zero-order chi connectivity index (χ0) is 9.26. The van der Waals surface area contributed by atoms with E-state index in [9.17, 15) is 0 Å². The van der Waals surface area contributed by atoms with Crippen LogP contribution in [-0.4, -0.2) is 23.8 Å². The summed E-state index contributed by atoms with van der Waals surface area (Å²) in [6.45, 7) is 1.32. The van der Waals surface area contributed by atoms with Gasteiger partial charge in [-0.05, 0) is 18.8 Å². The summed E-state index contributed by atoms with van der Waals surface area (Å²) < 4.78 is 5.30. The van der Waals surface area contributed by atoms with E-state index in [-0.39, 0.29) is 0 Å². The molecule has 2 rings (SSSR count). The lowest BCUT2D eigenvalue weighted by Crippen LogP contribution is -2.20. The Morgan fingerprint density at radius 3 is 2.85 bits per heavy atom. The van der Waals surface area contributed by atoms with Gasteiger partial charge < -0.3 is 15.1 Å². The normalized spacial score (nSPS) is 16.2. The van der Waals surface area contributed by atoms with E-state index in [2.05, 4.69) is 10.2 Å². The van der Waals surface area contributed by atoms with Crippen molar-refractivity contribution in [1.82, 2.24) is 10.2 Å². The molecule has 1 aliphatic rings. The first-order chi connectivity index (χ1) is 6.29. The van der Waals surface area contributed by atoms with Crippen LogP contribution in [0.1, 0.15) is 18.7 Å². The van der Waals surface area contributed by atoms with Crippen molar-refractivity contribution in [2.45, 2.75) is 19.4 Å². The standard InChI is InChI=1S/C8H14N4O/c1-12(5-6-2-3-6)8-11-10-7(4-9)13-8/h6H,2-5,9H2,1H3. The van der Waals surface area contributed by atoms with E-state index in [1.807, 2.05) is 11.9 Å². The number of hydrogen-bond acceptors (Lipinski definition) is 5. The van der Waals surface area contributed by atoms with Crippen LogP contribution < -0.4 is 10.6 Å². The molecule has 0 amide bonds. The molecule has 72 valence electrons. The lowest BCUT2D eigenvalue weighted by atomic mass is 10.4. The van der Waals surface area contributed by atoms with Crippen LogP contribution in [-0.2, 0) is 6.54 Å². The second kappa shape index (κ2) is 3.33. The molecule has 0 atom stereocenters. The fourth-order valence-corrected chi connectivity index (χ4v) is 1.25. The molecule has 1 heterocycles. The van der Waals surface area contributed by atoms with Crippen molar-refractivity contribution in [2.75, 3.05) is 18.5 Å². The van der Waals surface area contributed by atoms with Gasteiger partial charge >= 0.3 is 6.01 Å². The lowest BCUT2D eigenvalue weighted by Gasteiger charge is -2.12. The van der Waals surface area contributed by atoms with Gasteiger partial charge in [-0.15, -0.1) is 5.10 Å². The maximum Gasteiger partial charge on any atom is 0.317 e. The Kier molecular flexibility index (Phi) is 2.18. The highest BCUT2D eigenvalue weighted by Gasteiger charge is 2.24. The molecule has 0 aromatic carbocycles. The quantitative estimate of drug-likeness (QED) is 0.728. The van der Waals surface area contributed by atoms with E-state index < -0.39 is 0 Å². The number of rotatable bonds is 4. The van der Waals surface area contributed by atoms with Crippen molar-refractivity contribution >= 4 is 6.01 Å². The Morgan fingerprint density at radius 1 is 1.54 bits per heavy atom. The molecule has 5 heteroatoms. The molecular weight excluding hydrogens is 168 g/mol. The second-order valence-corrected chi connectivity index (χ2v) is 3.51. The van der Waals surface area contributed by atoms with E-state index in [1.165, 1.54) is 12.8 Å². The van der Waals surface area contributed by atoms with Crippen molar-refractivity contribution in [2.24, 2.45) is 11.7 Å². The Balaban J connectivity index is 1.96. The van der Waals surface area contributed by atoms with Gasteiger partial charge in [-0.3, -0.25) is 0 Å². The van der Waals surface area contributed by atoms with Gasteiger partial charge in [0.15, 0.2) is 0 Å². The van der Waals surface area contributed by atoms with E-state index in [0.29, 0.717) is 18.5 Å². The maximum atomic E-state index is 5.36. The minimum absolute atomic E-state index is 0.310. The second-order valence-electron chi connectivity index (χ2n) is 3.51. The lowest BCUT2D eigenvalue weighted by molar-refractivity contribution is 0.489. The third kappa shape index (κ3) is 1.98. The van der Waals surface area contributed by atoms with E-state index in [4.69, 9.17) is 10.2 Å². The summed E-state index contributed by atoms with van der Waals surface area (Å²) in [6, 6.07) is 0.576. The predicted molar refractivity (Wildman–Crippen MR) is 48.2 cm³/mol. The summed E-state index contributed by atoms with van der Waals surface area (Å²) in [5.41, 5.74) is 5.36. The minimum atomic E-state index is 0.310. The summed E-state index contributed by atoms with van der Waals surface area (Å²) >= 11 is 0. The number of hydrogen-bond donors (Lipinski definition) is 1. The average Bonchev–Trinajstić information content (AvgIpc) is 2.82.